The Labute approximate surface area is 114 Å². The van der Waals surface area contributed by atoms with Crippen molar-refractivity contribution < 1.29 is 4.79 Å². The van der Waals surface area contributed by atoms with E-state index in [1.165, 1.54) is 0 Å². The highest BCUT2D eigenvalue weighted by molar-refractivity contribution is 5.99. The molecule has 0 saturated carbocycles. The number of carbonyl (C=O) groups excluding carboxylic acids is 1. The van der Waals surface area contributed by atoms with Crippen molar-refractivity contribution in [2.24, 2.45) is 0 Å². The average Bonchev–Trinajstić information content (AvgIpc) is 2.96. The van der Waals surface area contributed by atoms with E-state index in [0.29, 0.717) is 30.4 Å². The fraction of sp³-hybridized carbons (Fsp3) is 0.455. The second-order valence-electron chi connectivity index (χ2n) is 5.03. The summed E-state index contributed by atoms with van der Waals surface area (Å²) in [4.78, 5) is 22.3. The van der Waals surface area contributed by atoms with E-state index in [-0.39, 0.29) is 5.91 Å². The van der Waals surface area contributed by atoms with Crippen LogP contribution in [0.5, 0.6) is 0 Å². The van der Waals surface area contributed by atoms with Gasteiger partial charge in [0.1, 0.15) is 0 Å². The van der Waals surface area contributed by atoms with Crippen LogP contribution in [-0.4, -0.2) is 55.1 Å². The first-order valence-corrected chi connectivity index (χ1v) is 6.21. The Hall–Kier alpha value is -2.42. The molecule has 1 aliphatic rings. The third-order valence-electron chi connectivity index (χ3n) is 3.18. The Bertz CT molecular complexity index is 606. The Morgan fingerprint density at radius 3 is 2.70 bits per heavy atom. The minimum atomic E-state index is -0.602. The quantitative estimate of drug-likeness (QED) is 0.749. The van der Waals surface area contributed by atoms with E-state index in [1.807, 2.05) is 13.8 Å². The summed E-state index contributed by atoms with van der Waals surface area (Å²) < 4.78 is 0. The Morgan fingerprint density at radius 1 is 1.30 bits per heavy atom. The highest BCUT2D eigenvalue weighted by atomic mass is 16.2. The van der Waals surface area contributed by atoms with Crippen molar-refractivity contribution in [2.75, 3.05) is 18.0 Å². The van der Waals surface area contributed by atoms with E-state index >= 15 is 0 Å². The lowest BCUT2D eigenvalue weighted by Crippen LogP contribution is -2.61. The fourth-order valence-electron chi connectivity index (χ4n) is 2.05. The highest BCUT2D eigenvalue weighted by Crippen LogP contribution is 2.19. The van der Waals surface area contributed by atoms with Crippen LogP contribution in [0.3, 0.4) is 0 Å². The molecule has 1 aliphatic heterocycles. The van der Waals surface area contributed by atoms with Crippen molar-refractivity contribution in [2.45, 2.75) is 19.4 Å². The molecule has 0 bridgehead atoms. The molecule has 20 heavy (non-hydrogen) atoms. The minimum absolute atomic E-state index is 0.0437. The number of aromatic nitrogens is 6. The van der Waals surface area contributed by atoms with Crippen molar-refractivity contribution in [1.82, 2.24) is 35.9 Å². The normalized spacial score (nSPS) is 18.3. The molecule has 0 aromatic carbocycles. The molecular weight excluding hydrogens is 260 g/mol. The molecule has 2 aromatic rings. The first kappa shape index (κ1) is 12.6. The van der Waals surface area contributed by atoms with E-state index in [0.717, 1.165) is 0 Å². The van der Waals surface area contributed by atoms with Gasteiger partial charge < -0.3 is 5.32 Å². The molecule has 1 fully saturated rings. The molecule has 9 heteroatoms. The molecule has 2 aromatic heterocycles. The van der Waals surface area contributed by atoms with Crippen molar-refractivity contribution in [1.29, 1.82) is 0 Å². The summed E-state index contributed by atoms with van der Waals surface area (Å²) in [6.07, 6.45) is 3.18. The number of hydrogen-bond acceptors (Lipinski definition) is 7. The molecule has 2 N–H and O–H groups in total. The van der Waals surface area contributed by atoms with Gasteiger partial charge in [0, 0.05) is 25.5 Å². The molecule has 0 spiro atoms. The van der Waals surface area contributed by atoms with Gasteiger partial charge in [0.15, 0.2) is 5.82 Å². The van der Waals surface area contributed by atoms with Gasteiger partial charge in [-0.3, -0.25) is 9.69 Å². The average molecular weight is 274 g/mol. The maximum absolute atomic E-state index is 12.3. The zero-order valence-corrected chi connectivity index (χ0v) is 11.2. The number of nitrogens with zero attached hydrogens (tertiary/aromatic N) is 6. The number of H-pyrrole nitrogens is 1. The number of amides is 1. The lowest BCUT2D eigenvalue weighted by molar-refractivity contribution is -0.125. The van der Waals surface area contributed by atoms with Crippen molar-refractivity contribution in [3.05, 3.63) is 12.4 Å². The first-order valence-electron chi connectivity index (χ1n) is 6.21. The number of hydrogen-bond donors (Lipinski definition) is 2. The van der Waals surface area contributed by atoms with Crippen LogP contribution in [0.25, 0.3) is 11.4 Å². The minimum Gasteiger partial charge on any atom is -0.302 e. The number of aromatic amines is 1. The molecular formula is C11H14N8O. The zero-order valence-electron chi connectivity index (χ0n) is 11.2. The van der Waals surface area contributed by atoms with Crippen LogP contribution >= 0.6 is 0 Å². The van der Waals surface area contributed by atoms with Gasteiger partial charge in [0.2, 0.25) is 11.9 Å². The summed E-state index contributed by atoms with van der Waals surface area (Å²) in [7, 11) is 0. The monoisotopic (exact) mass is 274 g/mol. The van der Waals surface area contributed by atoms with E-state index in [4.69, 9.17) is 0 Å². The molecule has 1 saturated heterocycles. The number of piperazine rings is 1. The second-order valence-corrected chi connectivity index (χ2v) is 5.03. The van der Waals surface area contributed by atoms with Crippen LogP contribution in [-0.2, 0) is 4.79 Å². The Balaban J connectivity index is 1.86. The van der Waals surface area contributed by atoms with E-state index < -0.39 is 5.54 Å². The summed E-state index contributed by atoms with van der Waals surface area (Å²) >= 11 is 0. The molecule has 9 nitrogen and oxygen atoms in total. The summed E-state index contributed by atoms with van der Waals surface area (Å²) in [6, 6.07) is 0. The van der Waals surface area contributed by atoms with Gasteiger partial charge in [-0.2, -0.15) is 0 Å². The van der Waals surface area contributed by atoms with Crippen LogP contribution in [0.2, 0.25) is 0 Å². The van der Waals surface area contributed by atoms with Crippen molar-refractivity contribution in [3.8, 4) is 11.4 Å². The summed E-state index contributed by atoms with van der Waals surface area (Å²) in [5.41, 5.74) is 0.0652. The third kappa shape index (κ3) is 2.11. The van der Waals surface area contributed by atoms with E-state index in [2.05, 4.69) is 35.9 Å². The van der Waals surface area contributed by atoms with Crippen LogP contribution < -0.4 is 10.2 Å². The molecule has 104 valence electrons. The maximum atomic E-state index is 12.3. The first-order chi connectivity index (χ1) is 9.58. The summed E-state index contributed by atoms with van der Waals surface area (Å²) in [5.74, 6) is 0.835. The number of rotatable bonds is 2. The van der Waals surface area contributed by atoms with Crippen LogP contribution in [0.15, 0.2) is 12.4 Å². The SMILES string of the molecule is CC1(C)NCCN(c2ncc(-c3nnn[nH]3)cn2)C1=O. The van der Waals surface area contributed by atoms with Gasteiger partial charge in [-0.25, -0.2) is 15.1 Å². The maximum Gasteiger partial charge on any atom is 0.249 e. The second kappa shape index (κ2) is 4.60. The molecule has 3 heterocycles. The largest absolute Gasteiger partial charge is 0.302 e. The van der Waals surface area contributed by atoms with E-state index in [9.17, 15) is 4.79 Å². The van der Waals surface area contributed by atoms with Crippen molar-refractivity contribution in [3.63, 3.8) is 0 Å². The Kier molecular flexibility index (Phi) is 2.90. The lowest BCUT2D eigenvalue weighted by atomic mass is 10.0. The third-order valence-corrected chi connectivity index (χ3v) is 3.18. The molecule has 0 atom stereocenters. The highest BCUT2D eigenvalue weighted by Gasteiger charge is 2.36. The zero-order chi connectivity index (χ0) is 14.2. The summed E-state index contributed by atoms with van der Waals surface area (Å²) in [5, 5.41) is 16.6. The van der Waals surface area contributed by atoms with Gasteiger partial charge in [0.05, 0.1) is 11.1 Å². The molecule has 0 radical (unpaired) electrons. The van der Waals surface area contributed by atoms with E-state index in [1.54, 1.807) is 17.3 Å². The topological polar surface area (TPSA) is 113 Å². The predicted octanol–water partition coefficient (Wildman–Crippen LogP) is -0.629. The van der Waals surface area contributed by atoms with Crippen molar-refractivity contribution >= 4 is 11.9 Å². The number of nitrogens with one attached hydrogen (secondary N) is 2. The van der Waals surface area contributed by atoms with Crippen LogP contribution in [0.1, 0.15) is 13.8 Å². The molecule has 1 amide bonds. The van der Waals surface area contributed by atoms with Gasteiger partial charge in [-0.05, 0) is 24.3 Å². The predicted molar refractivity (Wildman–Crippen MR) is 69.6 cm³/mol. The molecule has 0 aliphatic carbocycles. The van der Waals surface area contributed by atoms with Gasteiger partial charge in [0.25, 0.3) is 0 Å². The van der Waals surface area contributed by atoms with Gasteiger partial charge in [-0.15, -0.1) is 5.10 Å². The molecule has 0 unspecified atom stereocenters. The smallest absolute Gasteiger partial charge is 0.249 e. The standard InChI is InChI=1S/C11H14N8O/c1-11(2)9(20)19(4-3-14-11)10-12-5-7(6-13-10)8-15-17-18-16-8/h5-6,14H,3-4H2,1-2H3,(H,15,16,17,18). The van der Waals surface area contributed by atoms with Gasteiger partial charge >= 0.3 is 0 Å². The number of anilines is 1. The van der Waals surface area contributed by atoms with Crippen LogP contribution in [0.4, 0.5) is 5.95 Å². The van der Waals surface area contributed by atoms with Crippen LogP contribution in [0, 0.1) is 0 Å². The number of carbonyl (C=O) groups is 1. The Morgan fingerprint density at radius 2 is 2.05 bits per heavy atom. The number of tetrazole rings is 1. The van der Waals surface area contributed by atoms with Gasteiger partial charge in [-0.1, -0.05) is 0 Å². The fourth-order valence-corrected chi connectivity index (χ4v) is 2.05. The molecule has 3 rings (SSSR count). The lowest BCUT2D eigenvalue weighted by Gasteiger charge is -2.36. The summed E-state index contributed by atoms with van der Waals surface area (Å²) in [6.45, 7) is 4.94.